The Labute approximate surface area is 137 Å². The van der Waals surface area contributed by atoms with Crippen LogP contribution in [0.15, 0.2) is 54.1 Å². The zero-order valence-electron chi connectivity index (χ0n) is 13.5. The number of benzene rings is 2. The van der Waals surface area contributed by atoms with Crippen molar-refractivity contribution < 1.29 is 4.74 Å². The van der Waals surface area contributed by atoms with Crippen LogP contribution in [0.1, 0.15) is 31.9 Å². The predicted molar refractivity (Wildman–Crippen MR) is 90.9 cm³/mol. The molecule has 0 N–H and O–H groups in total. The molecule has 0 saturated carbocycles. The van der Waals surface area contributed by atoms with E-state index in [1.165, 1.54) is 11.6 Å². The van der Waals surface area contributed by atoms with Crippen molar-refractivity contribution in [3.05, 3.63) is 65.2 Å². The quantitative estimate of drug-likeness (QED) is 0.731. The zero-order valence-corrected chi connectivity index (χ0v) is 13.5. The van der Waals surface area contributed by atoms with E-state index in [-0.39, 0.29) is 11.0 Å². The maximum Gasteiger partial charge on any atom is 0.134 e. The van der Waals surface area contributed by atoms with Gasteiger partial charge in [-0.05, 0) is 35.3 Å². The van der Waals surface area contributed by atoms with Gasteiger partial charge in [-0.1, -0.05) is 51.1 Å². The lowest BCUT2D eigenvalue weighted by Gasteiger charge is -2.19. The number of allylic oxidation sites excluding steroid dienone is 1. The van der Waals surface area contributed by atoms with Gasteiger partial charge in [-0.25, -0.2) is 0 Å². The summed E-state index contributed by atoms with van der Waals surface area (Å²) < 4.78 is 5.90. The highest BCUT2D eigenvalue weighted by Crippen LogP contribution is 2.29. The number of hydrogen-bond donors (Lipinski definition) is 0. The van der Waals surface area contributed by atoms with Gasteiger partial charge in [-0.3, -0.25) is 0 Å². The Hall–Kier alpha value is -3.04. The molecule has 3 nitrogen and oxygen atoms in total. The molecule has 0 unspecified atom stereocenters. The smallest absolute Gasteiger partial charge is 0.134 e. The second kappa shape index (κ2) is 6.81. The molecule has 3 heteroatoms. The maximum atomic E-state index is 8.89. The lowest BCUT2D eigenvalue weighted by molar-refractivity contribution is 0.480. The number of nitriles is 2. The zero-order chi connectivity index (χ0) is 16.9. The summed E-state index contributed by atoms with van der Waals surface area (Å²) >= 11 is 0. The van der Waals surface area contributed by atoms with E-state index >= 15 is 0 Å². The molecule has 0 atom stereocenters. The molecular weight excluding hydrogens is 284 g/mol. The Morgan fingerprint density at radius 3 is 2.13 bits per heavy atom. The number of rotatable bonds is 3. The molecule has 23 heavy (non-hydrogen) atoms. The van der Waals surface area contributed by atoms with Crippen LogP contribution in [0.4, 0.5) is 0 Å². The third-order valence-corrected chi connectivity index (χ3v) is 3.41. The van der Waals surface area contributed by atoms with Gasteiger partial charge in [0, 0.05) is 5.56 Å². The van der Waals surface area contributed by atoms with E-state index in [1.54, 1.807) is 0 Å². The third kappa shape index (κ3) is 4.22. The Morgan fingerprint density at radius 2 is 1.57 bits per heavy atom. The van der Waals surface area contributed by atoms with Gasteiger partial charge in [-0.2, -0.15) is 10.5 Å². The standard InChI is InChI=1S/C20H18N2O/c1-20(2,3)17-8-10-18(11-9-17)23-19-7-5-4-6-16(19)12-15(13-21)14-22/h4-12H,1-3H3. The summed E-state index contributed by atoms with van der Waals surface area (Å²) in [6.07, 6.45) is 1.53. The van der Waals surface area contributed by atoms with Gasteiger partial charge in [0.25, 0.3) is 0 Å². The first-order valence-electron chi connectivity index (χ1n) is 7.33. The highest BCUT2D eigenvalue weighted by atomic mass is 16.5. The molecule has 114 valence electrons. The molecular formula is C20H18N2O. The van der Waals surface area contributed by atoms with Crippen LogP contribution in [0.3, 0.4) is 0 Å². The van der Waals surface area contributed by atoms with Crippen molar-refractivity contribution in [2.75, 3.05) is 0 Å². The van der Waals surface area contributed by atoms with Crippen molar-refractivity contribution >= 4 is 6.08 Å². The van der Waals surface area contributed by atoms with Crippen molar-refractivity contribution in [2.45, 2.75) is 26.2 Å². The summed E-state index contributed by atoms with van der Waals surface area (Å²) in [5.74, 6) is 1.33. The molecule has 0 aliphatic heterocycles. The van der Waals surface area contributed by atoms with Crippen molar-refractivity contribution in [3.63, 3.8) is 0 Å². The fourth-order valence-electron chi connectivity index (χ4n) is 2.09. The molecule has 0 aliphatic rings. The first-order valence-corrected chi connectivity index (χ1v) is 7.33. The minimum absolute atomic E-state index is 0.0455. The van der Waals surface area contributed by atoms with Gasteiger partial charge < -0.3 is 4.74 Å². The van der Waals surface area contributed by atoms with Crippen LogP contribution in [0.25, 0.3) is 6.08 Å². The molecule has 0 saturated heterocycles. The second-order valence-corrected chi connectivity index (χ2v) is 6.20. The third-order valence-electron chi connectivity index (χ3n) is 3.41. The molecule has 0 heterocycles. The Bertz CT molecular complexity index is 781. The largest absolute Gasteiger partial charge is 0.457 e. The lowest BCUT2D eigenvalue weighted by atomic mass is 9.87. The Kier molecular flexibility index (Phi) is 4.84. The molecule has 2 rings (SSSR count). The average molecular weight is 302 g/mol. The minimum atomic E-state index is 0.0455. The van der Waals surface area contributed by atoms with E-state index in [9.17, 15) is 0 Å². The number of ether oxygens (including phenoxy) is 1. The minimum Gasteiger partial charge on any atom is -0.457 e. The number of para-hydroxylation sites is 1. The second-order valence-electron chi connectivity index (χ2n) is 6.20. The molecule has 0 amide bonds. The Balaban J connectivity index is 2.30. The van der Waals surface area contributed by atoms with E-state index in [0.29, 0.717) is 17.1 Å². The van der Waals surface area contributed by atoms with Gasteiger partial charge in [-0.15, -0.1) is 0 Å². The van der Waals surface area contributed by atoms with E-state index in [4.69, 9.17) is 15.3 Å². The normalized spacial score (nSPS) is 10.3. The van der Waals surface area contributed by atoms with E-state index in [2.05, 4.69) is 20.8 Å². The van der Waals surface area contributed by atoms with Crippen LogP contribution in [-0.4, -0.2) is 0 Å². The van der Waals surface area contributed by atoms with Crippen LogP contribution in [0.5, 0.6) is 11.5 Å². The van der Waals surface area contributed by atoms with Gasteiger partial charge in [0.2, 0.25) is 0 Å². The van der Waals surface area contributed by atoms with Crippen LogP contribution in [-0.2, 0) is 5.41 Å². The van der Waals surface area contributed by atoms with Gasteiger partial charge in [0.1, 0.15) is 29.2 Å². The van der Waals surface area contributed by atoms with Crippen LogP contribution in [0.2, 0.25) is 0 Å². The number of hydrogen-bond acceptors (Lipinski definition) is 3. The van der Waals surface area contributed by atoms with Gasteiger partial charge in [0.05, 0.1) is 0 Å². The molecule has 0 radical (unpaired) electrons. The van der Waals surface area contributed by atoms with Crippen molar-refractivity contribution in [1.29, 1.82) is 10.5 Å². The van der Waals surface area contributed by atoms with Crippen LogP contribution >= 0.6 is 0 Å². The topological polar surface area (TPSA) is 56.8 Å². The van der Waals surface area contributed by atoms with Gasteiger partial charge in [0.15, 0.2) is 0 Å². The molecule has 2 aromatic rings. The molecule has 0 fully saturated rings. The van der Waals surface area contributed by atoms with Crippen molar-refractivity contribution in [2.24, 2.45) is 0 Å². The Morgan fingerprint density at radius 1 is 0.957 bits per heavy atom. The number of nitrogens with zero attached hydrogens (tertiary/aromatic N) is 2. The van der Waals surface area contributed by atoms with Crippen LogP contribution < -0.4 is 4.74 Å². The lowest BCUT2D eigenvalue weighted by Crippen LogP contribution is -2.10. The molecule has 2 aromatic carbocycles. The monoisotopic (exact) mass is 302 g/mol. The summed E-state index contributed by atoms with van der Waals surface area (Å²) in [7, 11) is 0. The average Bonchev–Trinajstić information content (AvgIpc) is 2.53. The summed E-state index contributed by atoms with van der Waals surface area (Å²) in [6, 6.07) is 19.0. The summed E-state index contributed by atoms with van der Waals surface area (Å²) in [6.45, 7) is 6.48. The van der Waals surface area contributed by atoms with Gasteiger partial charge >= 0.3 is 0 Å². The molecule has 0 bridgehead atoms. The maximum absolute atomic E-state index is 8.89. The van der Waals surface area contributed by atoms with E-state index in [0.717, 1.165) is 0 Å². The fraction of sp³-hybridized carbons (Fsp3) is 0.200. The van der Waals surface area contributed by atoms with Crippen molar-refractivity contribution in [1.82, 2.24) is 0 Å². The summed E-state index contributed by atoms with van der Waals surface area (Å²) in [5, 5.41) is 17.8. The van der Waals surface area contributed by atoms with Crippen molar-refractivity contribution in [3.8, 4) is 23.6 Å². The van der Waals surface area contributed by atoms with E-state index in [1.807, 2.05) is 60.7 Å². The predicted octanol–water partition coefficient (Wildman–Crippen LogP) is 5.21. The summed E-state index contributed by atoms with van der Waals surface area (Å²) in [4.78, 5) is 0. The molecule has 0 spiro atoms. The van der Waals surface area contributed by atoms with Crippen LogP contribution in [0, 0.1) is 22.7 Å². The first-order chi connectivity index (χ1) is 10.9. The molecule has 0 aliphatic carbocycles. The molecule has 0 aromatic heterocycles. The SMILES string of the molecule is CC(C)(C)c1ccc(Oc2ccccc2C=C(C#N)C#N)cc1. The highest BCUT2D eigenvalue weighted by molar-refractivity contribution is 5.66. The summed E-state index contributed by atoms with van der Waals surface area (Å²) in [5.41, 5.74) is 2.07. The first kappa shape index (κ1) is 16.3. The highest BCUT2D eigenvalue weighted by Gasteiger charge is 2.13. The van der Waals surface area contributed by atoms with E-state index < -0.39 is 0 Å². The fourth-order valence-corrected chi connectivity index (χ4v) is 2.09.